The first-order valence-corrected chi connectivity index (χ1v) is 8.68. The summed E-state index contributed by atoms with van der Waals surface area (Å²) in [6.45, 7) is 0.0474. The van der Waals surface area contributed by atoms with Gasteiger partial charge in [0, 0.05) is 25.0 Å². The molecule has 0 fully saturated rings. The lowest BCUT2D eigenvalue weighted by atomic mass is 10.2. The number of hydrogen-bond donors (Lipinski definition) is 5. The van der Waals surface area contributed by atoms with Crippen molar-refractivity contribution in [2.24, 2.45) is 11.5 Å². The van der Waals surface area contributed by atoms with Gasteiger partial charge in [0.05, 0.1) is 27.0 Å². The van der Waals surface area contributed by atoms with Crippen molar-refractivity contribution < 1.29 is 24.7 Å². The third-order valence-electron chi connectivity index (χ3n) is 3.81. The van der Waals surface area contributed by atoms with Crippen molar-refractivity contribution in [3.63, 3.8) is 0 Å². The van der Waals surface area contributed by atoms with Gasteiger partial charge in [0.2, 0.25) is 17.1 Å². The first-order chi connectivity index (χ1) is 14.8. The van der Waals surface area contributed by atoms with Crippen molar-refractivity contribution in [1.29, 1.82) is 0 Å². The maximum atomic E-state index is 11.2. The molecule has 0 saturated heterocycles. The minimum atomic E-state index is -0.833. The van der Waals surface area contributed by atoms with Crippen LogP contribution in [0.15, 0.2) is 42.7 Å². The maximum Gasteiger partial charge on any atom is 0.312 e. The van der Waals surface area contributed by atoms with E-state index in [1.54, 1.807) is 12.2 Å². The van der Waals surface area contributed by atoms with Gasteiger partial charge in [-0.25, -0.2) is 14.8 Å². The zero-order chi connectivity index (χ0) is 22.8. The number of nitrogens with one attached hydrogen (secondary N) is 3. The van der Waals surface area contributed by atoms with Gasteiger partial charge < -0.3 is 22.1 Å². The summed E-state index contributed by atoms with van der Waals surface area (Å²) in [6, 6.07) is 3.52. The van der Waals surface area contributed by atoms with Gasteiger partial charge >= 0.3 is 5.69 Å². The van der Waals surface area contributed by atoms with E-state index >= 15 is 0 Å². The molecule has 2 aromatic heterocycles. The topological polar surface area (TPSA) is 219 Å². The molecule has 2 amide bonds. The number of rotatable bonds is 12. The highest BCUT2D eigenvalue weighted by molar-refractivity contribution is 5.93. The van der Waals surface area contributed by atoms with Gasteiger partial charge in [-0.2, -0.15) is 0 Å². The zero-order valence-electron chi connectivity index (χ0n) is 16.0. The molecule has 0 aromatic carbocycles. The number of carbonyl (C=O) groups is 2. The molecule has 2 heterocycles. The number of anilines is 2. The molecule has 14 nitrogen and oxygen atoms in total. The molecule has 14 heteroatoms. The summed E-state index contributed by atoms with van der Waals surface area (Å²) < 4.78 is 0. The molecule has 2 rings (SSSR count). The fraction of sp³-hybridized carbons (Fsp3) is 0.176. The lowest BCUT2D eigenvalue weighted by Gasteiger charge is -2.12. The number of primary amides is 2. The molecule has 0 radical (unpaired) electrons. The normalized spacial score (nSPS) is 11.5. The first-order valence-electron chi connectivity index (χ1n) is 8.68. The summed E-state index contributed by atoms with van der Waals surface area (Å²) >= 11 is 0. The van der Waals surface area contributed by atoms with Crippen LogP contribution in [0.4, 0.5) is 17.3 Å². The molecule has 0 spiro atoms. The van der Waals surface area contributed by atoms with E-state index in [1.807, 2.05) is 0 Å². The van der Waals surface area contributed by atoms with Crippen LogP contribution in [0.25, 0.3) is 0 Å². The van der Waals surface area contributed by atoms with Crippen LogP contribution in [-0.4, -0.2) is 45.9 Å². The van der Waals surface area contributed by atoms with Crippen LogP contribution < -0.4 is 27.4 Å². The van der Waals surface area contributed by atoms with Gasteiger partial charge in [0.25, 0.3) is 5.91 Å². The Morgan fingerprint density at radius 3 is 2.52 bits per heavy atom. The van der Waals surface area contributed by atoms with Crippen LogP contribution in [0, 0.1) is 15.0 Å². The van der Waals surface area contributed by atoms with Crippen molar-refractivity contribution >= 4 is 29.1 Å². The number of amides is 2. The fourth-order valence-corrected chi connectivity index (χ4v) is 2.34. The van der Waals surface area contributed by atoms with Crippen molar-refractivity contribution in [2.45, 2.75) is 6.04 Å². The Morgan fingerprint density at radius 1 is 1.23 bits per heavy atom. The zero-order valence-corrected chi connectivity index (χ0v) is 16.0. The molecule has 162 valence electrons. The van der Waals surface area contributed by atoms with Gasteiger partial charge in [-0.05, 0) is 12.1 Å². The van der Waals surface area contributed by atoms with Gasteiger partial charge in [-0.1, -0.05) is 12.2 Å². The molecule has 0 aliphatic rings. The predicted octanol–water partition coefficient (Wildman–Crippen LogP) is -1.19. The van der Waals surface area contributed by atoms with E-state index in [4.69, 9.17) is 11.5 Å². The van der Waals surface area contributed by atoms with E-state index in [0.717, 1.165) is 12.3 Å². The number of pyridine rings is 2. The molecule has 31 heavy (non-hydrogen) atoms. The second-order valence-electron chi connectivity index (χ2n) is 5.96. The summed E-state index contributed by atoms with van der Waals surface area (Å²) in [4.78, 5) is 55.7. The van der Waals surface area contributed by atoms with Gasteiger partial charge in [0.1, 0.15) is 5.82 Å². The van der Waals surface area contributed by atoms with Crippen LogP contribution in [0.1, 0.15) is 20.7 Å². The van der Waals surface area contributed by atoms with E-state index < -0.39 is 28.5 Å². The number of hydrogen-bond acceptors (Lipinski definition) is 10. The van der Waals surface area contributed by atoms with Crippen molar-refractivity contribution in [3.05, 3.63) is 68.9 Å². The number of aromatic nitrogens is 2. The van der Waals surface area contributed by atoms with Crippen LogP contribution in [0.2, 0.25) is 0 Å². The molecular formula is C17H19N8O6+. The molecular weight excluding hydrogens is 412 g/mol. The standard InChI is InChI=1S/C17H18N8O6/c18-15(26)10-3-4-14(21-7-10)23-12(9-31-24-28)2-1-5-20-17-13(25(29)30)6-11(8-22-17)16(19)27/h1-4,6-8,12,24H,5,9H2,(H5-,18,19,20,21,22,23,26,27)/p+1/b2-1+. The van der Waals surface area contributed by atoms with Crippen molar-refractivity contribution in [1.82, 2.24) is 9.97 Å². The van der Waals surface area contributed by atoms with E-state index in [-0.39, 0.29) is 30.1 Å². The number of nitro groups is 1. The summed E-state index contributed by atoms with van der Waals surface area (Å²) in [5.41, 5.74) is 10.0. The number of nitrogens with zero attached hydrogens (tertiary/aromatic N) is 3. The minimum Gasteiger partial charge on any atom is -0.366 e. The fourth-order valence-electron chi connectivity index (χ4n) is 2.34. The summed E-state index contributed by atoms with van der Waals surface area (Å²) in [7, 11) is 0. The Balaban J connectivity index is 2.04. The SMILES string of the molecule is NC(=O)c1ccc(NC(/C=C/CNc2ncc(C(N)=O)cc2[N+](=O)[O-])CO[NH+]=O)nc1. The van der Waals surface area contributed by atoms with Crippen molar-refractivity contribution in [2.75, 3.05) is 23.8 Å². The molecule has 0 aliphatic heterocycles. The average molecular weight is 431 g/mol. The Bertz CT molecular complexity index is 995. The molecule has 0 saturated carbocycles. The average Bonchev–Trinajstić information content (AvgIpc) is 2.74. The van der Waals surface area contributed by atoms with Crippen LogP contribution in [-0.2, 0) is 4.84 Å². The minimum absolute atomic E-state index is 0.0506. The molecule has 1 atom stereocenters. The number of nitrogens with two attached hydrogens (primary N) is 2. The highest BCUT2D eigenvalue weighted by atomic mass is 16.7. The maximum absolute atomic E-state index is 11.2. The summed E-state index contributed by atoms with van der Waals surface area (Å²) in [5, 5.41) is 18.2. The predicted molar refractivity (Wildman–Crippen MR) is 107 cm³/mol. The number of carbonyl (C=O) groups excluding carboxylic acids is 2. The van der Waals surface area contributed by atoms with Crippen LogP contribution in [0.5, 0.6) is 0 Å². The summed E-state index contributed by atoms with van der Waals surface area (Å²) in [5.74, 6) is -1.11. The third-order valence-corrected chi connectivity index (χ3v) is 3.81. The monoisotopic (exact) mass is 431 g/mol. The van der Waals surface area contributed by atoms with Gasteiger partial charge in [-0.15, -0.1) is 0 Å². The smallest absolute Gasteiger partial charge is 0.312 e. The molecule has 0 aliphatic carbocycles. The van der Waals surface area contributed by atoms with E-state index in [1.165, 1.54) is 23.7 Å². The second kappa shape index (κ2) is 10.8. The van der Waals surface area contributed by atoms with E-state index in [9.17, 15) is 24.6 Å². The second-order valence-corrected chi connectivity index (χ2v) is 5.96. The lowest BCUT2D eigenvalue weighted by Crippen LogP contribution is -2.64. The Hall–Kier alpha value is -4.62. The third kappa shape index (κ3) is 6.74. The highest BCUT2D eigenvalue weighted by Crippen LogP contribution is 2.22. The largest absolute Gasteiger partial charge is 0.366 e. The molecule has 2 aromatic rings. The molecule has 0 bridgehead atoms. The van der Waals surface area contributed by atoms with Crippen LogP contribution >= 0.6 is 0 Å². The van der Waals surface area contributed by atoms with Gasteiger partial charge in [-0.3, -0.25) is 19.7 Å². The van der Waals surface area contributed by atoms with Gasteiger partial charge in [0.15, 0.2) is 6.61 Å². The Labute approximate surface area is 174 Å². The van der Waals surface area contributed by atoms with E-state index in [0.29, 0.717) is 5.82 Å². The first kappa shape index (κ1) is 22.7. The molecule has 7 N–H and O–H groups in total. The Morgan fingerprint density at radius 2 is 1.94 bits per heavy atom. The highest BCUT2D eigenvalue weighted by Gasteiger charge is 2.17. The molecule has 1 unspecified atom stereocenters. The Kier molecular flexibility index (Phi) is 7.89. The van der Waals surface area contributed by atoms with E-state index in [2.05, 4.69) is 25.4 Å². The van der Waals surface area contributed by atoms with Crippen LogP contribution in [0.3, 0.4) is 0 Å². The quantitative estimate of drug-likeness (QED) is 0.154. The van der Waals surface area contributed by atoms with Crippen molar-refractivity contribution in [3.8, 4) is 0 Å². The summed E-state index contributed by atoms with van der Waals surface area (Å²) in [6.07, 6.45) is 5.65. The lowest BCUT2D eigenvalue weighted by molar-refractivity contribution is -0.769.